The molecule has 4 heteroatoms. The summed E-state index contributed by atoms with van der Waals surface area (Å²) in [5, 5.41) is 13.3. The topological polar surface area (TPSA) is 52.6 Å². The maximum absolute atomic E-state index is 12.8. The number of hydrogen-bond acceptors (Lipinski definition) is 3. The van der Waals surface area contributed by atoms with E-state index in [1.165, 1.54) is 5.56 Å². The van der Waals surface area contributed by atoms with Crippen LogP contribution in [0.25, 0.3) is 0 Å². The van der Waals surface area contributed by atoms with Gasteiger partial charge in [-0.15, -0.1) is 0 Å². The number of anilines is 1. The van der Waals surface area contributed by atoms with Crippen molar-refractivity contribution in [3.63, 3.8) is 0 Å². The molecular formula is C21H26N2O2. The van der Waals surface area contributed by atoms with Crippen LogP contribution in [-0.2, 0) is 4.79 Å². The van der Waals surface area contributed by atoms with E-state index in [1.807, 2.05) is 6.07 Å². The zero-order valence-corrected chi connectivity index (χ0v) is 14.8. The number of aliphatic hydroxyl groups is 1. The normalized spacial score (nSPS) is 27.0. The second-order valence-electron chi connectivity index (χ2n) is 7.49. The summed E-state index contributed by atoms with van der Waals surface area (Å²) in [7, 11) is 0. The number of likely N-dealkylation sites (tertiary alicyclic amines) is 1. The van der Waals surface area contributed by atoms with Crippen LogP contribution in [0.1, 0.15) is 56.2 Å². The highest BCUT2D eigenvalue weighted by molar-refractivity contribution is 5.82. The lowest BCUT2D eigenvalue weighted by Gasteiger charge is -2.39. The fourth-order valence-electron chi connectivity index (χ4n) is 4.24. The highest BCUT2D eigenvalue weighted by atomic mass is 16.3. The van der Waals surface area contributed by atoms with Gasteiger partial charge in [0, 0.05) is 36.1 Å². The fraction of sp³-hybridized carbons (Fsp3) is 0.571. The van der Waals surface area contributed by atoms with E-state index >= 15 is 0 Å². The number of benzene rings is 1. The van der Waals surface area contributed by atoms with Gasteiger partial charge in [-0.25, -0.2) is 0 Å². The van der Waals surface area contributed by atoms with Gasteiger partial charge in [0.2, 0.25) is 5.91 Å². The van der Waals surface area contributed by atoms with Crippen molar-refractivity contribution in [1.82, 2.24) is 4.90 Å². The molecular weight excluding hydrogens is 312 g/mol. The number of hydrogen-bond donors (Lipinski definition) is 2. The van der Waals surface area contributed by atoms with E-state index in [9.17, 15) is 9.90 Å². The monoisotopic (exact) mass is 338 g/mol. The van der Waals surface area contributed by atoms with Gasteiger partial charge in [0.25, 0.3) is 0 Å². The molecule has 1 aromatic carbocycles. The highest BCUT2D eigenvalue weighted by Gasteiger charge is 2.48. The Labute approximate surface area is 149 Å². The van der Waals surface area contributed by atoms with E-state index in [2.05, 4.69) is 41.1 Å². The average Bonchev–Trinajstić information content (AvgIpc) is 3.39. The van der Waals surface area contributed by atoms with Gasteiger partial charge in [0.1, 0.15) is 0 Å². The van der Waals surface area contributed by atoms with Crippen LogP contribution in [-0.4, -0.2) is 35.1 Å². The Morgan fingerprint density at radius 1 is 1.36 bits per heavy atom. The molecule has 0 aromatic heterocycles. The molecule has 1 amide bonds. The first-order chi connectivity index (χ1) is 12.2. The van der Waals surface area contributed by atoms with Crippen LogP contribution in [0.3, 0.4) is 0 Å². The van der Waals surface area contributed by atoms with Crippen molar-refractivity contribution < 1.29 is 9.90 Å². The molecule has 2 N–H and O–H groups in total. The smallest absolute Gasteiger partial charge is 0.226 e. The average molecular weight is 338 g/mol. The second kappa shape index (κ2) is 6.72. The van der Waals surface area contributed by atoms with Crippen molar-refractivity contribution in [2.24, 2.45) is 11.8 Å². The third kappa shape index (κ3) is 3.02. The molecule has 2 fully saturated rings. The largest absolute Gasteiger partial charge is 0.394 e. The van der Waals surface area contributed by atoms with E-state index in [-0.39, 0.29) is 30.5 Å². The molecule has 0 spiro atoms. The Hall–Kier alpha value is -1.99. The van der Waals surface area contributed by atoms with Gasteiger partial charge < -0.3 is 15.3 Å². The quantitative estimate of drug-likeness (QED) is 0.833. The van der Waals surface area contributed by atoms with E-state index in [4.69, 9.17) is 0 Å². The molecule has 0 unspecified atom stereocenters. The molecule has 1 saturated heterocycles. The lowest BCUT2D eigenvalue weighted by atomic mass is 9.82. The van der Waals surface area contributed by atoms with Gasteiger partial charge in [-0.1, -0.05) is 18.8 Å². The summed E-state index contributed by atoms with van der Waals surface area (Å²) in [5.41, 5.74) is 3.22. The molecule has 4 rings (SSSR count). The first kappa shape index (κ1) is 16.5. The van der Waals surface area contributed by atoms with Gasteiger partial charge in [-0.05, 0) is 49.4 Å². The van der Waals surface area contributed by atoms with Gasteiger partial charge in [0.15, 0.2) is 0 Å². The summed E-state index contributed by atoms with van der Waals surface area (Å²) in [5.74, 6) is 7.27. The Morgan fingerprint density at radius 2 is 2.20 bits per heavy atom. The maximum Gasteiger partial charge on any atom is 0.226 e. The van der Waals surface area contributed by atoms with E-state index < -0.39 is 0 Å². The van der Waals surface area contributed by atoms with Crippen molar-refractivity contribution in [3.05, 3.63) is 29.3 Å². The summed E-state index contributed by atoms with van der Waals surface area (Å²) < 4.78 is 0. The lowest BCUT2D eigenvalue weighted by molar-refractivity contribution is -0.134. The van der Waals surface area contributed by atoms with Crippen LogP contribution < -0.4 is 5.32 Å². The summed E-state index contributed by atoms with van der Waals surface area (Å²) >= 11 is 0. The van der Waals surface area contributed by atoms with E-state index in [0.29, 0.717) is 5.91 Å². The summed E-state index contributed by atoms with van der Waals surface area (Å²) in [6.07, 6.45) is 4.98. The molecule has 3 atom stereocenters. The fourth-order valence-corrected chi connectivity index (χ4v) is 4.24. The summed E-state index contributed by atoms with van der Waals surface area (Å²) in [4.78, 5) is 14.9. The predicted octanol–water partition coefficient (Wildman–Crippen LogP) is 2.92. The molecule has 4 nitrogen and oxygen atoms in total. The van der Waals surface area contributed by atoms with E-state index in [1.54, 1.807) is 0 Å². The predicted molar refractivity (Wildman–Crippen MR) is 98.0 cm³/mol. The zero-order valence-electron chi connectivity index (χ0n) is 14.8. The molecule has 1 aromatic rings. The molecule has 0 radical (unpaired) electrons. The van der Waals surface area contributed by atoms with Crippen molar-refractivity contribution in [2.45, 2.75) is 51.1 Å². The third-order valence-corrected chi connectivity index (χ3v) is 5.69. The number of nitrogens with one attached hydrogen (secondary N) is 1. The van der Waals surface area contributed by atoms with Crippen LogP contribution in [0.2, 0.25) is 0 Å². The second-order valence-corrected chi connectivity index (χ2v) is 7.49. The molecule has 3 aliphatic rings. The van der Waals surface area contributed by atoms with Crippen molar-refractivity contribution in [1.29, 1.82) is 0 Å². The Bertz CT molecular complexity index is 729. The molecule has 25 heavy (non-hydrogen) atoms. The number of unbranched alkanes of at least 4 members (excludes halogenated alkanes) is 1. The maximum atomic E-state index is 12.8. The van der Waals surface area contributed by atoms with Crippen molar-refractivity contribution in [2.75, 3.05) is 18.5 Å². The number of rotatable bonds is 3. The number of nitrogens with zero attached hydrogens (tertiary/aromatic N) is 1. The first-order valence-corrected chi connectivity index (χ1v) is 9.53. The number of amides is 1. The van der Waals surface area contributed by atoms with Crippen LogP contribution in [0.4, 0.5) is 5.69 Å². The number of fused-ring (bicyclic) bond motifs is 3. The molecule has 2 heterocycles. The van der Waals surface area contributed by atoms with E-state index in [0.717, 1.165) is 49.9 Å². The van der Waals surface area contributed by atoms with Crippen LogP contribution in [0.15, 0.2) is 18.2 Å². The standard InChI is InChI=1S/C21H26N2O2/c1-2-3-4-5-14-6-9-18-17(12-14)20-16(19(13-24)22-18)10-11-23(20)21(25)15-7-8-15/h6,9,12,15-16,19-20,22,24H,2-3,7-8,10-11,13H2,1H3/t16-,19+,20-/m0/s1. The molecule has 0 bridgehead atoms. The minimum absolute atomic E-state index is 0.0199. The minimum atomic E-state index is 0.0199. The van der Waals surface area contributed by atoms with Crippen molar-refractivity contribution in [3.8, 4) is 11.8 Å². The van der Waals surface area contributed by atoms with Gasteiger partial charge in [-0.3, -0.25) is 4.79 Å². The minimum Gasteiger partial charge on any atom is -0.394 e. The van der Waals surface area contributed by atoms with Crippen LogP contribution in [0, 0.1) is 23.7 Å². The molecule has 1 saturated carbocycles. The van der Waals surface area contributed by atoms with Crippen LogP contribution >= 0.6 is 0 Å². The number of carbonyl (C=O) groups is 1. The Kier molecular flexibility index (Phi) is 4.43. The summed E-state index contributed by atoms with van der Waals surface area (Å²) in [6.45, 7) is 3.03. The lowest BCUT2D eigenvalue weighted by Crippen LogP contribution is -2.43. The molecule has 132 valence electrons. The molecule has 2 aliphatic heterocycles. The number of aliphatic hydroxyl groups excluding tert-OH is 1. The third-order valence-electron chi connectivity index (χ3n) is 5.69. The van der Waals surface area contributed by atoms with Gasteiger partial charge in [-0.2, -0.15) is 0 Å². The van der Waals surface area contributed by atoms with Gasteiger partial charge in [0.05, 0.1) is 18.7 Å². The molecule has 1 aliphatic carbocycles. The summed E-state index contributed by atoms with van der Waals surface area (Å²) in [6, 6.07) is 6.34. The SMILES string of the molecule is CCCC#Cc1ccc2c(c1)[C@@H]1[C@@H](CCN1C(=O)C1CC1)[C@@H](CO)N2. The highest BCUT2D eigenvalue weighted by Crippen LogP contribution is 2.48. The van der Waals surface area contributed by atoms with Crippen molar-refractivity contribution >= 4 is 11.6 Å². The first-order valence-electron chi connectivity index (χ1n) is 9.53. The van der Waals surface area contributed by atoms with Crippen LogP contribution in [0.5, 0.6) is 0 Å². The Morgan fingerprint density at radius 3 is 2.92 bits per heavy atom. The van der Waals surface area contributed by atoms with Gasteiger partial charge >= 0.3 is 0 Å². The number of carbonyl (C=O) groups excluding carboxylic acids is 1. The Balaban J connectivity index is 1.70. The zero-order chi connectivity index (χ0) is 17.4.